The lowest BCUT2D eigenvalue weighted by Crippen LogP contribution is -2.23. The van der Waals surface area contributed by atoms with Gasteiger partial charge in [0.2, 0.25) is 0 Å². The van der Waals surface area contributed by atoms with E-state index in [1.807, 2.05) is 18.4 Å². The maximum atomic E-state index is 12.2. The molecule has 0 spiro atoms. The second kappa shape index (κ2) is 6.22. The van der Waals surface area contributed by atoms with Crippen molar-refractivity contribution in [2.24, 2.45) is 10.9 Å². The Hall–Kier alpha value is -1.94. The first-order valence-electron chi connectivity index (χ1n) is 7.40. The molecule has 2 aliphatic rings. The molecule has 3 rings (SSSR count). The van der Waals surface area contributed by atoms with Gasteiger partial charge < -0.3 is 9.52 Å². The summed E-state index contributed by atoms with van der Waals surface area (Å²) in [6.45, 7) is 0. The van der Waals surface area contributed by atoms with E-state index in [9.17, 15) is 9.90 Å². The molecule has 0 fully saturated rings. The Morgan fingerprint density at radius 1 is 1.52 bits per heavy atom. The Morgan fingerprint density at radius 2 is 2.43 bits per heavy atom. The fraction of sp³-hybridized carbons (Fsp3) is 0.412. The van der Waals surface area contributed by atoms with Crippen LogP contribution < -0.4 is 0 Å². The van der Waals surface area contributed by atoms with Crippen LogP contribution in [0.15, 0.2) is 51.6 Å². The molecule has 1 aliphatic heterocycles. The number of fused-ring (bicyclic) bond motifs is 1. The molecule has 4 heteroatoms. The fourth-order valence-electron chi connectivity index (χ4n) is 2.81. The number of furan rings is 1. The molecule has 1 aromatic heterocycles. The second-order valence-corrected chi connectivity index (χ2v) is 5.54. The maximum absolute atomic E-state index is 12.2. The smallest absolute Gasteiger partial charge is 0.162 e. The molecule has 1 N–H and O–H groups in total. The van der Waals surface area contributed by atoms with Gasteiger partial charge in [-0.05, 0) is 43.7 Å². The van der Waals surface area contributed by atoms with Crippen molar-refractivity contribution < 1.29 is 14.3 Å². The Labute approximate surface area is 123 Å². The Morgan fingerprint density at radius 3 is 3.24 bits per heavy atom. The third-order valence-corrected chi connectivity index (χ3v) is 4.06. The second-order valence-electron chi connectivity index (χ2n) is 5.54. The van der Waals surface area contributed by atoms with Gasteiger partial charge in [-0.15, -0.1) is 0 Å². The summed E-state index contributed by atoms with van der Waals surface area (Å²) in [5.41, 5.74) is 0.710. The molecule has 110 valence electrons. The number of carbonyl (C=O) groups excluding carboxylic acids is 1. The van der Waals surface area contributed by atoms with Crippen LogP contribution >= 0.6 is 0 Å². The predicted molar refractivity (Wildman–Crippen MR) is 80.1 cm³/mol. The number of nitrogens with zero attached hydrogens (tertiary/aromatic N) is 1. The molecule has 1 aliphatic carbocycles. The minimum absolute atomic E-state index is 0.0519. The summed E-state index contributed by atoms with van der Waals surface area (Å²) in [6, 6.07) is 3.56. The highest BCUT2D eigenvalue weighted by Crippen LogP contribution is 2.28. The van der Waals surface area contributed by atoms with E-state index in [-0.39, 0.29) is 11.8 Å². The third kappa shape index (κ3) is 3.22. The topological polar surface area (TPSA) is 62.8 Å². The zero-order valence-electron chi connectivity index (χ0n) is 11.8. The highest BCUT2D eigenvalue weighted by Gasteiger charge is 2.24. The Kier molecular flexibility index (Phi) is 4.15. The largest absolute Gasteiger partial charge is 0.467 e. The number of rotatable bonds is 5. The van der Waals surface area contributed by atoms with Crippen molar-refractivity contribution in [3.63, 3.8) is 0 Å². The van der Waals surface area contributed by atoms with E-state index in [2.05, 4.69) is 11.1 Å². The molecule has 0 saturated carbocycles. The third-order valence-electron chi connectivity index (χ3n) is 4.06. The van der Waals surface area contributed by atoms with Crippen molar-refractivity contribution in [3.05, 3.63) is 48.0 Å². The molecule has 3 atom stereocenters. The van der Waals surface area contributed by atoms with Gasteiger partial charge in [-0.2, -0.15) is 0 Å². The van der Waals surface area contributed by atoms with E-state index in [1.54, 1.807) is 12.1 Å². The highest BCUT2D eigenvalue weighted by molar-refractivity contribution is 5.98. The number of aliphatic hydroxyl groups excluding tert-OH is 1. The maximum Gasteiger partial charge on any atom is 0.162 e. The van der Waals surface area contributed by atoms with Crippen LogP contribution in [-0.2, 0) is 4.79 Å². The van der Waals surface area contributed by atoms with Gasteiger partial charge in [-0.3, -0.25) is 9.79 Å². The van der Waals surface area contributed by atoms with Crippen LogP contribution in [0.1, 0.15) is 37.5 Å². The van der Waals surface area contributed by atoms with Crippen LogP contribution in [0.3, 0.4) is 0 Å². The van der Waals surface area contributed by atoms with Gasteiger partial charge in [-0.25, -0.2) is 0 Å². The molecule has 0 amide bonds. The molecule has 0 saturated heterocycles. The van der Waals surface area contributed by atoms with Crippen LogP contribution in [0.25, 0.3) is 0 Å². The Bertz CT molecular complexity index is 583. The van der Waals surface area contributed by atoms with Crippen LogP contribution in [0.5, 0.6) is 0 Å². The van der Waals surface area contributed by atoms with E-state index >= 15 is 0 Å². The standard InChI is InChI=1S/C17H19NO3/c19-15(7-8-16(20)17-4-2-10-21-17)13-6-5-12-3-1-9-18-14(12)11-13/h2,4-6,9-12,14,16,20H,1,3,7-8H2/t12?,14?,16-/m0/s1. The number of Topliss-reactive ketones (excluding diaryl/α,β-unsaturated/α-hetero) is 1. The molecule has 4 nitrogen and oxygen atoms in total. The van der Waals surface area contributed by atoms with E-state index in [0.29, 0.717) is 30.1 Å². The van der Waals surface area contributed by atoms with Crippen LogP contribution in [0.4, 0.5) is 0 Å². The van der Waals surface area contributed by atoms with E-state index < -0.39 is 6.10 Å². The summed E-state index contributed by atoms with van der Waals surface area (Å²) in [7, 11) is 0. The van der Waals surface area contributed by atoms with Gasteiger partial charge >= 0.3 is 0 Å². The van der Waals surface area contributed by atoms with Gasteiger partial charge in [0.05, 0.1) is 12.3 Å². The lowest BCUT2D eigenvalue weighted by Gasteiger charge is -2.25. The van der Waals surface area contributed by atoms with E-state index in [1.165, 1.54) is 6.26 Å². The monoisotopic (exact) mass is 285 g/mol. The lowest BCUT2D eigenvalue weighted by atomic mass is 9.85. The number of allylic oxidation sites excluding steroid dienone is 2. The van der Waals surface area contributed by atoms with Gasteiger partial charge in [0, 0.05) is 17.9 Å². The number of aliphatic imine (C=N–C) groups is 1. The molecular weight excluding hydrogens is 266 g/mol. The van der Waals surface area contributed by atoms with E-state index in [0.717, 1.165) is 12.8 Å². The van der Waals surface area contributed by atoms with Crippen molar-refractivity contribution in [3.8, 4) is 0 Å². The quantitative estimate of drug-likeness (QED) is 0.904. The SMILES string of the molecule is O=C(CC[C@H](O)c1ccco1)C1=CC2N=CCCC2C=C1. The number of hydrogen-bond donors (Lipinski definition) is 1. The summed E-state index contributed by atoms with van der Waals surface area (Å²) in [4.78, 5) is 16.7. The van der Waals surface area contributed by atoms with Crippen molar-refractivity contribution in [1.29, 1.82) is 0 Å². The summed E-state index contributed by atoms with van der Waals surface area (Å²) < 4.78 is 5.13. The molecule has 1 aromatic rings. The number of ketones is 1. The van der Waals surface area contributed by atoms with Crippen molar-refractivity contribution >= 4 is 12.0 Å². The van der Waals surface area contributed by atoms with Gasteiger partial charge in [0.25, 0.3) is 0 Å². The molecule has 0 radical (unpaired) electrons. The summed E-state index contributed by atoms with van der Waals surface area (Å²) in [5, 5.41) is 9.94. The van der Waals surface area contributed by atoms with Crippen molar-refractivity contribution in [2.75, 3.05) is 0 Å². The first-order chi connectivity index (χ1) is 10.2. The molecule has 2 unspecified atom stereocenters. The Balaban J connectivity index is 1.58. The minimum Gasteiger partial charge on any atom is -0.467 e. The number of aliphatic hydroxyl groups is 1. The van der Waals surface area contributed by atoms with Gasteiger partial charge in [0.1, 0.15) is 11.9 Å². The first-order valence-corrected chi connectivity index (χ1v) is 7.40. The summed E-state index contributed by atoms with van der Waals surface area (Å²) in [6.07, 6.45) is 11.5. The zero-order valence-corrected chi connectivity index (χ0v) is 11.8. The summed E-state index contributed by atoms with van der Waals surface area (Å²) in [5.74, 6) is 0.990. The predicted octanol–water partition coefficient (Wildman–Crippen LogP) is 3.01. The van der Waals surface area contributed by atoms with Gasteiger partial charge in [-0.1, -0.05) is 12.2 Å². The summed E-state index contributed by atoms with van der Waals surface area (Å²) >= 11 is 0. The normalized spacial score (nSPS) is 25.3. The van der Waals surface area contributed by atoms with Crippen LogP contribution in [-0.4, -0.2) is 23.1 Å². The van der Waals surface area contributed by atoms with Crippen molar-refractivity contribution in [1.82, 2.24) is 0 Å². The highest BCUT2D eigenvalue weighted by atomic mass is 16.4. The van der Waals surface area contributed by atoms with Crippen molar-refractivity contribution in [2.45, 2.75) is 37.8 Å². The molecular formula is C17H19NO3. The molecule has 0 bridgehead atoms. The molecule has 21 heavy (non-hydrogen) atoms. The number of hydrogen-bond acceptors (Lipinski definition) is 4. The lowest BCUT2D eigenvalue weighted by molar-refractivity contribution is -0.115. The average molecular weight is 285 g/mol. The zero-order chi connectivity index (χ0) is 14.7. The van der Waals surface area contributed by atoms with Crippen LogP contribution in [0.2, 0.25) is 0 Å². The fourth-order valence-corrected chi connectivity index (χ4v) is 2.81. The molecule has 2 heterocycles. The molecule has 0 aromatic carbocycles. The van der Waals surface area contributed by atoms with Gasteiger partial charge in [0.15, 0.2) is 5.78 Å². The van der Waals surface area contributed by atoms with E-state index in [4.69, 9.17) is 4.42 Å². The average Bonchev–Trinajstić information content (AvgIpc) is 3.06. The minimum atomic E-state index is -0.724. The van der Waals surface area contributed by atoms with Crippen LogP contribution in [0, 0.1) is 5.92 Å². The number of carbonyl (C=O) groups is 1. The first kappa shape index (κ1) is 14.0.